The normalized spacial score (nSPS) is 11.5. The van der Waals surface area contributed by atoms with Crippen LogP contribution in [0.4, 0.5) is 5.69 Å². The molecule has 3 rings (SSSR count). The third-order valence-electron chi connectivity index (χ3n) is 5.00. The molecule has 0 aliphatic rings. The quantitative estimate of drug-likeness (QED) is 0.615. The topological polar surface area (TPSA) is 97.0 Å². The highest BCUT2D eigenvalue weighted by Gasteiger charge is 2.25. The smallest absolute Gasteiger partial charge is 0.342 e. The first-order valence-corrected chi connectivity index (χ1v) is 9.90. The molecule has 1 aromatic heterocycles. The first-order valence-electron chi connectivity index (χ1n) is 9.90. The Morgan fingerprint density at radius 2 is 1.81 bits per heavy atom. The summed E-state index contributed by atoms with van der Waals surface area (Å²) in [6.45, 7) is 7.59. The van der Waals surface area contributed by atoms with E-state index in [1.807, 2.05) is 37.3 Å². The van der Waals surface area contributed by atoms with Crippen molar-refractivity contribution < 1.29 is 14.3 Å². The molecular weight excluding hydrogens is 392 g/mol. The molecule has 0 saturated heterocycles. The standard InChI is InChI=1S/C24H24N4O3/c1-15-9-11-19(12-10-15)14-28-17(3)22(16(2)27-28)24(30)31-18(4)23(29)26-21-8-6-5-7-20(21)13-25/h5-12,18H,14H2,1-4H3,(H,26,29)/t18-/m1/s1. The van der Waals surface area contributed by atoms with Gasteiger partial charge >= 0.3 is 5.97 Å². The van der Waals surface area contributed by atoms with Gasteiger partial charge in [-0.1, -0.05) is 42.0 Å². The molecule has 1 amide bonds. The van der Waals surface area contributed by atoms with Gasteiger partial charge in [-0.15, -0.1) is 0 Å². The molecular formula is C24H24N4O3. The third-order valence-corrected chi connectivity index (χ3v) is 5.00. The van der Waals surface area contributed by atoms with Gasteiger partial charge in [0.2, 0.25) is 0 Å². The second-order valence-electron chi connectivity index (χ2n) is 7.38. The van der Waals surface area contributed by atoms with Gasteiger partial charge in [0.15, 0.2) is 6.10 Å². The van der Waals surface area contributed by atoms with Gasteiger partial charge in [0.05, 0.1) is 29.2 Å². The van der Waals surface area contributed by atoms with Crippen molar-refractivity contribution in [2.45, 2.75) is 40.3 Å². The number of nitriles is 1. The molecule has 2 aromatic carbocycles. The zero-order valence-corrected chi connectivity index (χ0v) is 18.0. The molecule has 0 bridgehead atoms. The van der Waals surface area contributed by atoms with Crippen LogP contribution < -0.4 is 5.32 Å². The van der Waals surface area contributed by atoms with Crippen molar-refractivity contribution in [3.63, 3.8) is 0 Å². The first kappa shape index (κ1) is 21.8. The summed E-state index contributed by atoms with van der Waals surface area (Å²) in [6.07, 6.45) is -1.04. The fraction of sp³-hybridized carbons (Fsp3) is 0.250. The molecule has 0 saturated carbocycles. The van der Waals surface area contributed by atoms with Crippen LogP contribution in [0.5, 0.6) is 0 Å². The van der Waals surface area contributed by atoms with E-state index in [4.69, 9.17) is 10.00 Å². The summed E-state index contributed by atoms with van der Waals surface area (Å²) in [7, 11) is 0. The Labute approximate surface area is 181 Å². The van der Waals surface area contributed by atoms with Crippen LogP contribution in [0, 0.1) is 32.1 Å². The van der Waals surface area contributed by atoms with Crippen molar-refractivity contribution in [2.75, 3.05) is 5.32 Å². The lowest BCUT2D eigenvalue weighted by Crippen LogP contribution is -2.30. The van der Waals surface area contributed by atoms with E-state index >= 15 is 0 Å². The van der Waals surface area contributed by atoms with E-state index in [-0.39, 0.29) is 0 Å². The number of anilines is 1. The van der Waals surface area contributed by atoms with Gasteiger partial charge in [0.25, 0.3) is 5.91 Å². The van der Waals surface area contributed by atoms with E-state index in [1.165, 1.54) is 12.5 Å². The van der Waals surface area contributed by atoms with Crippen LogP contribution >= 0.6 is 0 Å². The number of nitrogens with one attached hydrogen (secondary N) is 1. The number of amides is 1. The molecule has 1 N–H and O–H groups in total. The molecule has 1 atom stereocenters. The molecule has 0 unspecified atom stereocenters. The number of para-hydroxylation sites is 1. The van der Waals surface area contributed by atoms with Crippen molar-refractivity contribution >= 4 is 17.6 Å². The third kappa shape index (κ3) is 4.98. The number of nitrogens with zero attached hydrogens (tertiary/aromatic N) is 3. The molecule has 0 radical (unpaired) electrons. The number of aryl methyl sites for hydroxylation is 2. The van der Waals surface area contributed by atoms with E-state index in [0.29, 0.717) is 34.7 Å². The SMILES string of the molecule is Cc1ccc(Cn2nc(C)c(C(=O)O[C@H](C)C(=O)Nc3ccccc3C#N)c2C)cc1. The van der Waals surface area contributed by atoms with E-state index in [1.54, 1.807) is 42.8 Å². The van der Waals surface area contributed by atoms with Crippen molar-refractivity contribution in [1.29, 1.82) is 5.26 Å². The Hall–Kier alpha value is -3.92. The lowest BCUT2D eigenvalue weighted by atomic mass is 10.1. The zero-order chi connectivity index (χ0) is 22.5. The van der Waals surface area contributed by atoms with Crippen LogP contribution in [0.2, 0.25) is 0 Å². The van der Waals surface area contributed by atoms with Gasteiger partial charge in [-0.2, -0.15) is 10.4 Å². The maximum atomic E-state index is 12.8. The molecule has 7 nitrogen and oxygen atoms in total. The monoisotopic (exact) mass is 416 g/mol. The highest BCUT2D eigenvalue weighted by molar-refractivity contribution is 5.98. The number of aromatic nitrogens is 2. The average molecular weight is 416 g/mol. The fourth-order valence-corrected chi connectivity index (χ4v) is 3.21. The van der Waals surface area contributed by atoms with Gasteiger partial charge < -0.3 is 10.1 Å². The summed E-state index contributed by atoms with van der Waals surface area (Å²) in [6, 6.07) is 16.8. The Morgan fingerprint density at radius 3 is 2.48 bits per heavy atom. The van der Waals surface area contributed by atoms with Crippen LogP contribution in [0.25, 0.3) is 0 Å². The fourth-order valence-electron chi connectivity index (χ4n) is 3.21. The van der Waals surface area contributed by atoms with Crippen molar-refractivity contribution in [2.24, 2.45) is 0 Å². The molecule has 31 heavy (non-hydrogen) atoms. The Balaban J connectivity index is 1.71. The number of ether oxygens (including phenoxy) is 1. The molecule has 158 valence electrons. The Morgan fingerprint density at radius 1 is 1.13 bits per heavy atom. The Kier molecular flexibility index (Phi) is 6.51. The van der Waals surface area contributed by atoms with E-state index < -0.39 is 18.0 Å². The number of hydrogen-bond donors (Lipinski definition) is 1. The highest BCUT2D eigenvalue weighted by atomic mass is 16.5. The summed E-state index contributed by atoms with van der Waals surface area (Å²) in [4.78, 5) is 25.3. The van der Waals surface area contributed by atoms with Gasteiger partial charge in [0, 0.05) is 0 Å². The lowest BCUT2D eigenvalue weighted by molar-refractivity contribution is -0.123. The molecule has 0 fully saturated rings. The number of carbonyl (C=O) groups is 2. The molecule has 3 aromatic rings. The molecule has 7 heteroatoms. The second kappa shape index (κ2) is 9.26. The van der Waals surface area contributed by atoms with E-state index in [9.17, 15) is 9.59 Å². The maximum Gasteiger partial charge on any atom is 0.342 e. The molecule has 0 aliphatic carbocycles. The minimum Gasteiger partial charge on any atom is -0.449 e. The maximum absolute atomic E-state index is 12.8. The van der Waals surface area contributed by atoms with Crippen LogP contribution in [-0.2, 0) is 16.1 Å². The van der Waals surface area contributed by atoms with Crippen molar-refractivity contribution in [1.82, 2.24) is 9.78 Å². The lowest BCUT2D eigenvalue weighted by Gasteiger charge is -2.14. The second-order valence-corrected chi connectivity index (χ2v) is 7.38. The summed E-state index contributed by atoms with van der Waals surface area (Å²) in [5.74, 6) is -1.13. The van der Waals surface area contributed by atoms with Crippen molar-refractivity contribution in [3.8, 4) is 6.07 Å². The van der Waals surface area contributed by atoms with E-state index in [2.05, 4.69) is 10.4 Å². The van der Waals surface area contributed by atoms with Crippen LogP contribution in [-0.4, -0.2) is 27.8 Å². The first-order chi connectivity index (χ1) is 14.8. The largest absolute Gasteiger partial charge is 0.449 e. The van der Waals surface area contributed by atoms with E-state index in [0.717, 1.165) is 5.56 Å². The summed E-state index contributed by atoms with van der Waals surface area (Å²) in [5.41, 5.74) is 4.51. The predicted octanol–water partition coefficient (Wildman–Crippen LogP) is 3.91. The number of benzene rings is 2. The number of rotatable bonds is 6. The van der Waals surface area contributed by atoms with Crippen LogP contribution in [0.1, 0.15) is 45.4 Å². The van der Waals surface area contributed by atoms with Gasteiger partial charge in [-0.05, 0) is 45.4 Å². The highest BCUT2D eigenvalue weighted by Crippen LogP contribution is 2.18. The summed E-state index contributed by atoms with van der Waals surface area (Å²) in [5, 5.41) is 16.3. The predicted molar refractivity (Wildman–Crippen MR) is 117 cm³/mol. The minimum atomic E-state index is -1.04. The van der Waals surface area contributed by atoms with Gasteiger partial charge in [-0.25, -0.2) is 4.79 Å². The van der Waals surface area contributed by atoms with Gasteiger partial charge in [0.1, 0.15) is 11.6 Å². The van der Waals surface area contributed by atoms with Gasteiger partial charge in [-0.3, -0.25) is 9.48 Å². The summed E-state index contributed by atoms with van der Waals surface area (Å²) < 4.78 is 7.15. The Bertz CT molecular complexity index is 1160. The zero-order valence-electron chi connectivity index (χ0n) is 18.0. The summed E-state index contributed by atoms with van der Waals surface area (Å²) >= 11 is 0. The number of hydrogen-bond acceptors (Lipinski definition) is 5. The minimum absolute atomic E-state index is 0.332. The molecule has 0 spiro atoms. The van der Waals surface area contributed by atoms with Crippen LogP contribution in [0.15, 0.2) is 48.5 Å². The molecule has 1 heterocycles. The number of esters is 1. The number of carbonyl (C=O) groups excluding carboxylic acids is 2. The van der Waals surface area contributed by atoms with Crippen molar-refractivity contribution in [3.05, 3.63) is 82.2 Å². The molecule has 0 aliphatic heterocycles. The van der Waals surface area contributed by atoms with Crippen LogP contribution in [0.3, 0.4) is 0 Å². The average Bonchev–Trinajstić information content (AvgIpc) is 3.02.